The van der Waals surface area contributed by atoms with Crippen molar-refractivity contribution in [3.05, 3.63) is 58.7 Å². The number of hydrogen-bond acceptors (Lipinski definition) is 2. The van der Waals surface area contributed by atoms with Gasteiger partial charge in [-0.25, -0.2) is 0 Å². The first-order chi connectivity index (χ1) is 11.0. The second-order valence-corrected chi connectivity index (χ2v) is 6.48. The lowest BCUT2D eigenvalue weighted by molar-refractivity contribution is -0.117. The molecule has 3 heteroatoms. The fraction of sp³-hybridized carbons (Fsp3) is 0.350. The smallest absolute Gasteiger partial charge is 0.228 e. The average Bonchev–Trinajstić information content (AvgIpc) is 3.31. The number of carbonyl (C=O) groups excluding carboxylic acids is 1. The summed E-state index contributed by atoms with van der Waals surface area (Å²) >= 11 is 0. The normalized spacial score (nSPS) is 19.3. The zero-order valence-electron chi connectivity index (χ0n) is 14.1. The quantitative estimate of drug-likeness (QED) is 0.911. The molecule has 0 aromatic heterocycles. The van der Waals surface area contributed by atoms with Crippen LogP contribution >= 0.6 is 0 Å². The molecule has 1 amide bonds. The number of hydrogen-bond donors (Lipinski definition) is 1. The first-order valence-electron chi connectivity index (χ1n) is 8.02. The van der Waals surface area contributed by atoms with E-state index in [0.717, 1.165) is 29.0 Å². The van der Waals surface area contributed by atoms with E-state index in [-0.39, 0.29) is 11.8 Å². The van der Waals surface area contributed by atoms with Gasteiger partial charge in [-0.1, -0.05) is 29.8 Å². The van der Waals surface area contributed by atoms with Gasteiger partial charge >= 0.3 is 0 Å². The molecule has 1 aliphatic carbocycles. The number of methoxy groups -OCH3 is 1. The van der Waals surface area contributed by atoms with Crippen molar-refractivity contribution in [3.8, 4) is 5.75 Å². The molecule has 3 nitrogen and oxygen atoms in total. The number of rotatable bonds is 4. The van der Waals surface area contributed by atoms with Crippen molar-refractivity contribution in [2.75, 3.05) is 12.4 Å². The van der Waals surface area contributed by atoms with Crippen molar-refractivity contribution >= 4 is 11.6 Å². The summed E-state index contributed by atoms with van der Waals surface area (Å²) in [6.07, 6.45) is 0.919. The molecule has 0 radical (unpaired) electrons. The van der Waals surface area contributed by atoms with Crippen molar-refractivity contribution in [1.82, 2.24) is 0 Å². The molecular formula is C20H23NO2. The molecule has 1 N–H and O–H groups in total. The van der Waals surface area contributed by atoms with E-state index in [1.54, 1.807) is 7.11 Å². The molecule has 1 fully saturated rings. The van der Waals surface area contributed by atoms with Crippen molar-refractivity contribution in [3.63, 3.8) is 0 Å². The van der Waals surface area contributed by atoms with Crippen LogP contribution in [0.15, 0.2) is 36.4 Å². The summed E-state index contributed by atoms with van der Waals surface area (Å²) < 4.78 is 5.18. The lowest BCUT2D eigenvalue weighted by Crippen LogP contribution is -2.16. The maximum Gasteiger partial charge on any atom is 0.228 e. The van der Waals surface area contributed by atoms with Gasteiger partial charge in [0.25, 0.3) is 0 Å². The highest BCUT2D eigenvalue weighted by Gasteiger charge is 2.44. The molecule has 0 aliphatic heterocycles. The summed E-state index contributed by atoms with van der Waals surface area (Å²) in [5.41, 5.74) is 5.64. The SMILES string of the molecule is COc1ccc(C2CC2C(=O)Nc2c(C)cc(C)cc2C)cc1. The van der Waals surface area contributed by atoms with E-state index >= 15 is 0 Å². The first kappa shape index (κ1) is 15.6. The molecule has 2 aromatic rings. The Morgan fingerprint density at radius 3 is 2.26 bits per heavy atom. The van der Waals surface area contributed by atoms with Gasteiger partial charge in [0.1, 0.15) is 5.75 Å². The molecule has 1 aliphatic rings. The van der Waals surface area contributed by atoms with Crippen LogP contribution in [0.3, 0.4) is 0 Å². The van der Waals surface area contributed by atoms with Crippen LogP contribution in [-0.2, 0) is 4.79 Å². The summed E-state index contributed by atoms with van der Waals surface area (Å²) in [6.45, 7) is 6.17. The molecule has 0 heterocycles. The van der Waals surface area contributed by atoms with Gasteiger partial charge < -0.3 is 10.1 Å². The summed E-state index contributed by atoms with van der Waals surface area (Å²) in [7, 11) is 1.66. The molecule has 2 atom stereocenters. The van der Waals surface area contributed by atoms with E-state index < -0.39 is 0 Å². The third-order valence-corrected chi connectivity index (χ3v) is 4.60. The van der Waals surface area contributed by atoms with Gasteiger partial charge in [0.05, 0.1) is 7.11 Å². The van der Waals surface area contributed by atoms with Gasteiger partial charge in [0.15, 0.2) is 0 Å². The standard InChI is InChI=1S/C20H23NO2/c1-12-9-13(2)19(14(3)10-12)21-20(22)18-11-17(18)15-5-7-16(23-4)8-6-15/h5-10,17-18H,11H2,1-4H3,(H,21,22). The minimum absolute atomic E-state index is 0.0727. The Labute approximate surface area is 137 Å². The lowest BCUT2D eigenvalue weighted by atomic mass is 10.0. The third kappa shape index (κ3) is 3.24. The molecule has 1 saturated carbocycles. The van der Waals surface area contributed by atoms with Gasteiger partial charge in [0, 0.05) is 11.6 Å². The van der Waals surface area contributed by atoms with Crippen LogP contribution in [0.2, 0.25) is 0 Å². The van der Waals surface area contributed by atoms with E-state index in [9.17, 15) is 4.79 Å². The second kappa shape index (κ2) is 6.07. The van der Waals surface area contributed by atoms with Crippen molar-refractivity contribution < 1.29 is 9.53 Å². The topological polar surface area (TPSA) is 38.3 Å². The molecule has 120 valence electrons. The number of carbonyl (C=O) groups is 1. The van der Waals surface area contributed by atoms with Crippen molar-refractivity contribution in [2.45, 2.75) is 33.1 Å². The number of anilines is 1. The average molecular weight is 309 g/mol. The van der Waals surface area contributed by atoms with Crippen molar-refractivity contribution in [2.24, 2.45) is 5.92 Å². The Bertz CT molecular complexity index is 711. The maximum absolute atomic E-state index is 12.5. The molecule has 3 rings (SSSR count). The Hall–Kier alpha value is -2.29. The minimum atomic E-state index is 0.0727. The molecule has 0 saturated heterocycles. The summed E-state index contributed by atoms with van der Waals surface area (Å²) in [5, 5.41) is 3.13. The largest absolute Gasteiger partial charge is 0.497 e. The Morgan fingerprint density at radius 2 is 1.70 bits per heavy atom. The lowest BCUT2D eigenvalue weighted by Gasteiger charge is -2.13. The fourth-order valence-corrected chi connectivity index (χ4v) is 3.30. The zero-order valence-corrected chi connectivity index (χ0v) is 14.1. The zero-order chi connectivity index (χ0) is 16.6. The van der Waals surface area contributed by atoms with Crippen LogP contribution < -0.4 is 10.1 Å². The number of nitrogens with one attached hydrogen (secondary N) is 1. The molecular weight excluding hydrogens is 286 g/mol. The number of ether oxygens (including phenoxy) is 1. The summed E-state index contributed by atoms with van der Waals surface area (Å²) in [5.74, 6) is 1.37. The predicted molar refractivity (Wildman–Crippen MR) is 93.1 cm³/mol. The van der Waals surface area contributed by atoms with Crippen LogP contribution in [0.1, 0.15) is 34.6 Å². The van der Waals surface area contributed by atoms with E-state index in [4.69, 9.17) is 4.74 Å². The van der Waals surface area contributed by atoms with E-state index in [1.165, 1.54) is 11.1 Å². The van der Waals surface area contributed by atoms with Gasteiger partial charge in [-0.15, -0.1) is 0 Å². The highest BCUT2D eigenvalue weighted by molar-refractivity contribution is 5.96. The van der Waals surface area contributed by atoms with E-state index in [2.05, 4.69) is 36.5 Å². The number of benzene rings is 2. The second-order valence-electron chi connectivity index (χ2n) is 6.48. The first-order valence-corrected chi connectivity index (χ1v) is 8.02. The highest BCUT2D eigenvalue weighted by atomic mass is 16.5. The van der Waals surface area contributed by atoms with Crippen LogP contribution in [-0.4, -0.2) is 13.0 Å². The van der Waals surface area contributed by atoms with Crippen molar-refractivity contribution in [1.29, 1.82) is 0 Å². The van der Waals surface area contributed by atoms with Crippen LogP contribution in [0.4, 0.5) is 5.69 Å². The van der Waals surface area contributed by atoms with Crippen LogP contribution in [0.5, 0.6) is 5.75 Å². The monoisotopic (exact) mass is 309 g/mol. The highest BCUT2D eigenvalue weighted by Crippen LogP contribution is 2.48. The van der Waals surface area contributed by atoms with Crippen LogP contribution in [0.25, 0.3) is 0 Å². The third-order valence-electron chi connectivity index (χ3n) is 4.60. The molecule has 2 unspecified atom stereocenters. The maximum atomic E-state index is 12.5. The molecule has 23 heavy (non-hydrogen) atoms. The summed E-state index contributed by atoms with van der Waals surface area (Å²) in [6, 6.07) is 12.2. The van der Waals surface area contributed by atoms with Gasteiger partial charge in [-0.05, 0) is 61.9 Å². The molecule has 0 bridgehead atoms. The Morgan fingerprint density at radius 1 is 1.09 bits per heavy atom. The van der Waals surface area contributed by atoms with Gasteiger partial charge in [-0.3, -0.25) is 4.79 Å². The molecule has 2 aromatic carbocycles. The van der Waals surface area contributed by atoms with E-state index in [1.807, 2.05) is 26.0 Å². The molecule has 0 spiro atoms. The Balaban J connectivity index is 1.69. The van der Waals surface area contributed by atoms with Gasteiger partial charge in [0.2, 0.25) is 5.91 Å². The summed E-state index contributed by atoms with van der Waals surface area (Å²) in [4.78, 5) is 12.5. The van der Waals surface area contributed by atoms with Crippen LogP contribution in [0, 0.1) is 26.7 Å². The van der Waals surface area contributed by atoms with Gasteiger partial charge in [-0.2, -0.15) is 0 Å². The Kier molecular flexibility index (Phi) is 4.12. The van der Waals surface area contributed by atoms with E-state index in [0.29, 0.717) is 5.92 Å². The minimum Gasteiger partial charge on any atom is -0.497 e. The predicted octanol–water partition coefficient (Wildman–Crippen LogP) is 4.36. The number of aryl methyl sites for hydroxylation is 3. The fourth-order valence-electron chi connectivity index (χ4n) is 3.30. The number of amides is 1.